The van der Waals surface area contributed by atoms with Gasteiger partial charge in [-0.3, -0.25) is 14.7 Å². The molecule has 5 rings (SSSR count). The van der Waals surface area contributed by atoms with Crippen molar-refractivity contribution in [1.29, 1.82) is 0 Å². The third kappa shape index (κ3) is 4.95. The fraction of sp³-hybridized carbons (Fsp3) is 0.520. The van der Waals surface area contributed by atoms with Gasteiger partial charge in [-0.1, -0.05) is 0 Å². The van der Waals surface area contributed by atoms with E-state index in [2.05, 4.69) is 15.5 Å². The zero-order chi connectivity index (χ0) is 25.2. The molecule has 2 aliphatic carbocycles. The first-order valence-corrected chi connectivity index (χ1v) is 12.2. The highest BCUT2D eigenvalue weighted by Crippen LogP contribution is 2.40. The minimum atomic E-state index is -0.481. The van der Waals surface area contributed by atoms with Crippen molar-refractivity contribution in [2.75, 3.05) is 25.6 Å². The third-order valence-corrected chi connectivity index (χ3v) is 7.41. The maximum Gasteiger partial charge on any atom is 0.410 e. The Morgan fingerprint density at radius 2 is 2.08 bits per heavy atom. The van der Waals surface area contributed by atoms with Crippen molar-refractivity contribution in [2.45, 2.75) is 56.6 Å². The van der Waals surface area contributed by atoms with Gasteiger partial charge in [0.2, 0.25) is 0 Å². The first-order chi connectivity index (χ1) is 17.4. The van der Waals surface area contributed by atoms with Crippen LogP contribution in [0.25, 0.3) is 0 Å². The lowest BCUT2D eigenvalue weighted by Crippen LogP contribution is -2.39. The number of anilines is 1. The third-order valence-electron chi connectivity index (χ3n) is 7.41. The quantitative estimate of drug-likeness (QED) is 0.471. The van der Waals surface area contributed by atoms with Gasteiger partial charge in [0, 0.05) is 42.4 Å². The van der Waals surface area contributed by atoms with E-state index in [9.17, 15) is 19.5 Å². The molecule has 1 saturated heterocycles. The Balaban J connectivity index is 1.11. The van der Waals surface area contributed by atoms with Crippen molar-refractivity contribution < 1.29 is 33.7 Å². The molecule has 1 aromatic heterocycles. The van der Waals surface area contributed by atoms with Crippen LogP contribution in [0, 0.1) is 5.92 Å². The van der Waals surface area contributed by atoms with Gasteiger partial charge in [0.05, 0.1) is 12.7 Å². The van der Waals surface area contributed by atoms with Crippen molar-refractivity contribution in [3.63, 3.8) is 0 Å². The van der Waals surface area contributed by atoms with Crippen LogP contribution in [0.15, 0.2) is 18.2 Å². The number of carbonyl (C=O) groups is 3. The minimum Gasteiger partial charge on any atom is -0.507 e. The molecule has 3 fully saturated rings. The molecule has 0 unspecified atom stereocenters. The molecule has 36 heavy (non-hydrogen) atoms. The number of phenolic OH excluding ortho intramolecular Hbond substituents is 1. The van der Waals surface area contributed by atoms with E-state index >= 15 is 0 Å². The number of carbonyl (C=O) groups excluding carboxylic acids is 3. The maximum absolute atomic E-state index is 12.6. The van der Waals surface area contributed by atoms with E-state index in [4.69, 9.17) is 14.2 Å². The van der Waals surface area contributed by atoms with Crippen LogP contribution in [0.2, 0.25) is 0 Å². The highest BCUT2D eigenvalue weighted by atomic mass is 16.6. The summed E-state index contributed by atoms with van der Waals surface area (Å²) in [5, 5.41) is 19.7. The van der Waals surface area contributed by atoms with Crippen LogP contribution in [0.3, 0.4) is 0 Å². The summed E-state index contributed by atoms with van der Waals surface area (Å²) in [6, 6.07) is 4.82. The topological polar surface area (TPSA) is 143 Å². The summed E-state index contributed by atoms with van der Waals surface area (Å²) < 4.78 is 16.3. The molecule has 0 radical (unpaired) electrons. The number of fused-ring (bicyclic) bond motifs is 2. The van der Waals surface area contributed by atoms with Crippen molar-refractivity contribution in [1.82, 2.24) is 15.1 Å². The van der Waals surface area contributed by atoms with Gasteiger partial charge < -0.3 is 29.5 Å². The number of amides is 2. The minimum absolute atomic E-state index is 0.0352. The molecular formula is C25H30N4O7. The molecule has 2 aromatic rings. The van der Waals surface area contributed by atoms with Crippen LogP contribution >= 0.6 is 0 Å². The van der Waals surface area contributed by atoms with E-state index in [1.807, 2.05) is 4.90 Å². The number of aromatic nitrogens is 2. The zero-order valence-electron chi connectivity index (χ0n) is 20.1. The van der Waals surface area contributed by atoms with Crippen LogP contribution in [-0.2, 0) is 9.53 Å². The summed E-state index contributed by atoms with van der Waals surface area (Å²) in [4.78, 5) is 38.1. The SMILES string of the molecule is COc1cc(O)c(C=O)c(OCC(=O)Nc2cc([C@H]3CC[C@@H](OC(=O)N4C[C@@H]5CC[C@H]4C5)C3)[nH]n2)c1. The van der Waals surface area contributed by atoms with Crippen LogP contribution in [0.4, 0.5) is 10.6 Å². The van der Waals surface area contributed by atoms with Gasteiger partial charge in [-0.15, -0.1) is 0 Å². The lowest BCUT2D eigenvalue weighted by Gasteiger charge is -2.27. The monoisotopic (exact) mass is 498 g/mol. The fourth-order valence-electron chi connectivity index (χ4n) is 5.56. The Bertz CT molecular complexity index is 1150. The number of piperidine rings is 1. The van der Waals surface area contributed by atoms with E-state index in [1.54, 1.807) is 6.07 Å². The highest BCUT2D eigenvalue weighted by molar-refractivity contribution is 5.91. The van der Waals surface area contributed by atoms with Crippen molar-refractivity contribution in [3.8, 4) is 17.2 Å². The Morgan fingerprint density at radius 1 is 1.22 bits per heavy atom. The zero-order valence-corrected chi connectivity index (χ0v) is 20.1. The van der Waals surface area contributed by atoms with Gasteiger partial charge in [0.1, 0.15) is 23.4 Å². The number of methoxy groups -OCH3 is 1. The number of H-pyrrole nitrogens is 1. The molecular weight excluding hydrogens is 468 g/mol. The number of rotatable bonds is 8. The molecule has 11 heteroatoms. The number of hydrogen-bond acceptors (Lipinski definition) is 8. The van der Waals surface area contributed by atoms with E-state index in [0.717, 1.165) is 37.9 Å². The highest BCUT2D eigenvalue weighted by Gasteiger charge is 2.42. The molecule has 4 atom stereocenters. The smallest absolute Gasteiger partial charge is 0.410 e. The van der Waals surface area contributed by atoms with Crippen LogP contribution in [0.1, 0.15) is 60.5 Å². The number of likely N-dealkylation sites (tertiary alicyclic amines) is 1. The number of hydrogen-bond donors (Lipinski definition) is 3. The summed E-state index contributed by atoms with van der Waals surface area (Å²) in [6.45, 7) is 0.428. The number of nitrogens with one attached hydrogen (secondary N) is 2. The predicted molar refractivity (Wildman–Crippen MR) is 127 cm³/mol. The van der Waals surface area contributed by atoms with Gasteiger partial charge in [-0.05, 0) is 44.4 Å². The molecule has 2 heterocycles. The Labute approximate surface area is 208 Å². The molecule has 11 nitrogen and oxygen atoms in total. The lowest BCUT2D eigenvalue weighted by molar-refractivity contribution is -0.118. The number of nitrogens with zero attached hydrogens (tertiary/aromatic N) is 2. The second kappa shape index (κ2) is 10.1. The van der Waals surface area contributed by atoms with Crippen LogP contribution in [0.5, 0.6) is 17.2 Å². The van der Waals surface area contributed by atoms with E-state index in [1.165, 1.54) is 25.7 Å². The summed E-state index contributed by atoms with van der Waals surface area (Å²) in [5.74, 6) is 0.679. The number of aldehydes is 1. The first-order valence-electron chi connectivity index (χ1n) is 12.2. The number of aromatic amines is 1. The van der Waals surface area contributed by atoms with Gasteiger partial charge in [0.15, 0.2) is 18.7 Å². The number of phenols is 1. The second-order valence-corrected chi connectivity index (χ2v) is 9.72. The Kier molecular flexibility index (Phi) is 6.71. The van der Waals surface area contributed by atoms with Gasteiger partial charge in [0.25, 0.3) is 5.91 Å². The van der Waals surface area contributed by atoms with E-state index in [0.29, 0.717) is 36.2 Å². The van der Waals surface area contributed by atoms with E-state index in [-0.39, 0.29) is 35.2 Å². The summed E-state index contributed by atoms with van der Waals surface area (Å²) >= 11 is 0. The normalized spacial score (nSPS) is 24.5. The van der Waals surface area contributed by atoms with Gasteiger partial charge >= 0.3 is 6.09 Å². The average Bonchev–Trinajstić information content (AvgIpc) is 3.67. The van der Waals surface area contributed by atoms with Crippen molar-refractivity contribution >= 4 is 24.1 Å². The molecule has 0 spiro atoms. The fourth-order valence-corrected chi connectivity index (χ4v) is 5.56. The van der Waals surface area contributed by atoms with E-state index < -0.39 is 12.5 Å². The number of benzene rings is 1. The summed E-state index contributed by atoms with van der Waals surface area (Å²) in [7, 11) is 1.41. The molecule has 3 aliphatic rings. The molecule has 3 N–H and O–H groups in total. The Morgan fingerprint density at radius 3 is 2.81 bits per heavy atom. The van der Waals surface area contributed by atoms with Crippen LogP contribution < -0.4 is 14.8 Å². The second-order valence-electron chi connectivity index (χ2n) is 9.72. The molecule has 2 bridgehead atoms. The molecule has 2 amide bonds. The number of aromatic hydroxyl groups is 1. The molecule has 1 aliphatic heterocycles. The molecule has 2 saturated carbocycles. The van der Waals surface area contributed by atoms with Crippen LogP contribution in [-0.4, -0.2) is 70.9 Å². The molecule has 192 valence electrons. The molecule has 1 aromatic carbocycles. The van der Waals surface area contributed by atoms with Gasteiger partial charge in [-0.25, -0.2) is 4.79 Å². The largest absolute Gasteiger partial charge is 0.507 e. The van der Waals surface area contributed by atoms with Crippen molar-refractivity contribution in [2.24, 2.45) is 5.92 Å². The average molecular weight is 499 g/mol. The first kappa shape index (κ1) is 24.0. The van der Waals surface area contributed by atoms with Gasteiger partial charge in [-0.2, -0.15) is 5.10 Å². The standard InChI is InChI=1S/C25H30N4O7/c1-34-18-8-21(31)19(12-30)22(9-18)35-13-24(32)26-23-10-20(27-28-23)15-3-5-17(7-15)36-25(33)29-11-14-2-4-16(29)6-14/h8-10,12,14-17,31H,2-7,11,13H2,1H3,(H2,26,27,28,32)/t14-,15+,16+,17-/m1/s1. The summed E-state index contributed by atoms with van der Waals surface area (Å²) in [5.41, 5.74) is 0.797. The maximum atomic E-state index is 12.6. The predicted octanol–water partition coefficient (Wildman–Crippen LogP) is 3.21. The lowest BCUT2D eigenvalue weighted by atomic mass is 10.0. The van der Waals surface area contributed by atoms with Crippen molar-refractivity contribution in [3.05, 3.63) is 29.5 Å². The Hall–Kier alpha value is -3.76. The summed E-state index contributed by atoms with van der Waals surface area (Å²) in [6.07, 6.45) is 5.90. The number of ether oxygens (including phenoxy) is 3.